The van der Waals surface area contributed by atoms with Gasteiger partial charge in [-0.15, -0.1) is 0 Å². The van der Waals surface area contributed by atoms with Gasteiger partial charge >= 0.3 is 0 Å². The number of halogens is 1. The van der Waals surface area contributed by atoms with Crippen molar-refractivity contribution in [2.45, 2.75) is 76.9 Å². The molecule has 4 aromatic rings. The van der Waals surface area contributed by atoms with Crippen LogP contribution in [0.4, 0.5) is 21.6 Å². The zero-order chi connectivity index (χ0) is 31.5. The Morgan fingerprint density at radius 3 is 2.58 bits per heavy atom. The third kappa shape index (κ3) is 4.93. The van der Waals surface area contributed by atoms with Crippen LogP contribution in [-0.2, 0) is 16.8 Å². The molecule has 234 valence electrons. The number of pyridine rings is 2. The van der Waals surface area contributed by atoms with E-state index in [0.29, 0.717) is 29.6 Å². The molecule has 45 heavy (non-hydrogen) atoms. The molecule has 0 spiro atoms. The van der Waals surface area contributed by atoms with Gasteiger partial charge in [-0.25, -0.2) is 19.3 Å². The van der Waals surface area contributed by atoms with Gasteiger partial charge < -0.3 is 25.0 Å². The first-order valence-electron chi connectivity index (χ1n) is 15.9. The number of aryl methyl sites for hydroxylation is 1. The van der Waals surface area contributed by atoms with E-state index in [1.54, 1.807) is 6.33 Å². The van der Waals surface area contributed by atoms with E-state index in [-0.39, 0.29) is 23.3 Å². The summed E-state index contributed by atoms with van der Waals surface area (Å²) >= 11 is 0. The number of nitrogens with one attached hydrogen (secondary N) is 2. The maximum atomic E-state index is 15.0. The Labute approximate surface area is 262 Å². The predicted octanol–water partition coefficient (Wildman–Crippen LogP) is 5.40. The van der Waals surface area contributed by atoms with E-state index < -0.39 is 17.1 Å². The summed E-state index contributed by atoms with van der Waals surface area (Å²) in [6.07, 6.45) is 8.58. The molecule has 0 bridgehead atoms. The first-order chi connectivity index (χ1) is 21.7. The van der Waals surface area contributed by atoms with Crippen LogP contribution in [0.15, 0.2) is 42.9 Å². The number of amides is 2. The monoisotopic (exact) mass is 610 g/mol. The van der Waals surface area contributed by atoms with E-state index in [9.17, 15) is 14.0 Å². The molecule has 1 aliphatic carbocycles. The molecule has 0 radical (unpaired) electrons. The maximum Gasteiger partial charge on any atom is 0.269 e. The fourth-order valence-electron chi connectivity index (χ4n) is 7.14. The summed E-state index contributed by atoms with van der Waals surface area (Å²) in [6.45, 7) is 8.97. The van der Waals surface area contributed by atoms with Crippen molar-refractivity contribution in [2.24, 2.45) is 0 Å². The van der Waals surface area contributed by atoms with Crippen LogP contribution in [-0.4, -0.2) is 68.5 Å². The zero-order valence-electron chi connectivity index (χ0n) is 26.2. The number of hydrogen-bond acceptors (Lipinski definition) is 7. The molecule has 2 N–H and O–H groups in total. The number of likely N-dealkylation sites (tertiary alicyclic amines) is 1. The highest BCUT2D eigenvalue weighted by Gasteiger charge is 2.50. The molecule has 2 fully saturated rings. The molecule has 1 aromatic carbocycles. The van der Waals surface area contributed by atoms with Gasteiger partial charge in [0.05, 0.1) is 34.8 Å². The van der Waals surface area contributed by atoms with E-state index in [2.05, 4.69) is 31.6 Å². The molecule has 7 rings (SSSR count). The molecule has 2 amide bonds. The number of fused-ring (bicyclic) bond motifs is 2. The minimum absolute atomic E-state index is 0.0825. The van der Waals surface area contributed by atoms with Crippen LogP contribution in [0, 0.1) is 5.82 Å². The van der Waals surface area contributed by atoms with Crippen molar-refractivity contribution in [3.63, 3.8) is 0 Å². The minimum atomic E-state index is -0.616. The van der Waals surface area contributed by atoms with Crippen molar-refractivity contribution in [1.82, 2.24) is 29.7 Å². The highest BCUT2D eigenvalue weighted by Crippen LogP contribution is 2.48. The van der Waals surface area contributed by atoms with Gasteiger partial charge in [0, 0.05) is 36.9 Å². The lowest BCUT2D eigenvalue weighted by atomic mass is 9.82. The van der Waals surface area contributed by atoms with Gasteiger partial charge in [0.1, 0.15) is 11.2 Å². The Hall–Kier alpha value is -4.38. The largest absolute Gasteiger partial charge is 0.354 e. The maximum absolute atomic E-state index is 15.0. The SMILES string of the molecule is CCn1cnc2cc(-c3ccc4c(c3)N(C3CC(N5CCCCC5)C3)C(=O)C4(C)C)nc(Nc3cc(C(=O)NC)ncc3F)c21. The van der Waals surface area contributed by atoms with Crippen LogP contribution in [0.5, 0.6) is 0 Å². The number of aromatic nitrogens is 4. The number of imidazole rings is 1. The normalized spacial score (nSPS) is 21.1. The third-order valence-corrected chi connectivity index (χ3v) is 9.85. The van der Waals surface area contributed by atoms with Crippen LogP contribution in [0.3, 0.4) is 0 Å². The molecule has 0 atom stereocenters. The lowest BCUT2D eigenvalue weighted by molar-refractivity contribution is -0.123. The van der Waals surface area contributed by atoms with Gasteiger partial charge in [-0.05, 0) is 83.3 Å². The molecule has 1 saturated carbocycles. The van der Waals surface area contributed by atoms with Gasteiger partial charge in [-0.1, -0.05) is 18.6 Å². The van der Waals surface area contributed by atoms with Gasteiger partial charge in [-0.3, -0.25) is 9.59 Å². The number of piperidine rings is 1. The van der Waals surface area contributed by atoms with Crippen molar-refractivity contribution in [2.75, 3.05) is 30.4 Å². The van der Waals surface area contributed by atoms with Crippen molar-refractivity contribution < 1.29 is 14.0 Å². The molecule has 2 aliphatic heterocycles. The second-order valence-electron chi connectivity index (χ2n) is 12.9. The molecular formula is C34H39FN8O2. The van der Waals surface area contributed by atoms with Crippen LogP contribution >= 0.6 is 0 Å². The Kier molecular flexibility index (Phi) is 7.31. The number of carbonyl (C=O) groups excluding carboxylic acids is 2. The van der Waals surface area contributed by atoms with E-state index in [1.807, 2.05) is 48.4 Å². The first kappa shape index (κ1) is 29.3. The molecule has 1 saturated heterocycles. The molecule has 0 unspecified atom stereocenters. The average molecular weight is 611 g/mol. The number of carbonyl (C=O) groups is 2. The molecule has 3 aliphatic rings. The minimum Gasteiger partial charge on any atom is -0.354 e. The Morgan fingerprint density at radius 2 is 1.84 bits per heavy atom. The first-order valence-corrected chi connectivity index (χ1v) is 15.9. The van der Waals surface area contributed by atoms with E-state index in [4.69, 9.17) is 4.98 Å². The van der Waals surface area contributed by atoms with Crippen LogP contribution in [0.1, 0.15) is 68.9 Å². The lowest BCUT2D eigenvalue weighted by Crippen LogP contribution is -2.57. The zero-order valence-corrected chi connectivity index (χ0v) is 26.2. The molecular weight excluding hydrogens is 571 g/mol. The van der Waals surface area contributed by atoms with Crippen molar-refractivity contribution in [3.05, 3.63) is 59.9 Å². The van der Waals surface area contributed by atoms with Crippen molar-refractivity contribution in [1.29, 1.82) is 0 Å². The summed E-state index contributed by atoms with van der Waals surface area (Å²) in [5.74, 6) is -0.476. The van der Waals surface area contributed by atoms with Crippen molar-refractivity contribution >= 4 is 40.0 Å². The molecule has 3 aromatic heterocycles. The number of anilines is 3. The summed E-state index contributed by atoms with van der Waals surface area (Å²) in [7, 11) is 1.50. The standard InChI is InChI=1S/C34H39FN8O2/c1-5-41-19-38-27-16-25(39-31(30(27)41)40-26-17-28(32(44)36-4)37-18-24(26)35)20-9-10-23-29(13-20)43(33(45)34(23,2)3)22-14-21(15-22)42-11-7-6-8-12-42/h9-10,13,16-19,21-22H,5-8,11-12,14-15H2,1-4H3,(H,36,44)(H,37,39,40). The summed E-state index contributed by atoms with van der Waals surface area (Å²) in [6, 6.07) is 10.1. The lowest BCUT2D eigenvalue weighted by Gasteiger charge is -2.48. The van der Waals surface area contributed by atoms with Gasteiger partial charge in [0.2, 0.25) is 5.91 Å². The highest BCUT2D eigenvalue weighted by molar-refractivity contribution is 6.09. The van der Waals surface area contributed by atoms with Gasteiger partial charge in [-0.2, -0.15) is 0 Å². The van der Waals surface area contributed by atoms with Crippen LogP contribution in [0.2, 0.25) is 0 Å². The average Bonchev–Trinajstić information content (AvgIpc) is 3.54. The second kappa shape index (κ2) is 11.2. The number of nitrogens with zero attached hydrogens (tertiary/aromatic N) is 6. The molecule has 5 heterocycles. The van der Waals surface area contributed by atoms with Crippen molar-refractivity contribution in [3.8, 4) is 11.3 Å². The predicted molar refractivity (Wildman–Crippen MR) is 172 cm³/mol. The quantitative estimate of drug-likeness (QED) is 0.289. The number of rotatable bonds is 7. The Morgan fingerprint density at radius 1 is 1.07 bits per heavy atom. The Balaban J connectivity index is 1.26. The summed E-state index contributed by atoms with van der Waals surface area (Å²) in [5.41, 5.74) is 4.42. The molecule has 11 heteroatoms. The highest BCUT2D eigenvalue weighted by atomic mass is 19.1. The van der Waals surface area contributed by atoms with E-state index in [1.165, 1.54) is 32.4 Å². The topological polar surface area (TPSA) is 108 Å². The summed E-state index contributed by atoms with van der Waals surface area (Å²) in [5, 5.41) is 5.65. The van der Waals surface area contributed by atoms with Gasteiger partial charge in [0.15, 0.2) is 11.6 Å². The second-order valence-corrected chi connectivity index (χ2v) is 12.9. The van der Waals surface area contributed by atoms with Crippen LogP contribution in [0.25, 0.3) is 22.3 Å². The summed E-state index contributed by atoms with van der Waals surface area (Å²) < 4.78 is 16.9. The van der Waals surface area contributed by atoms with E-state index >= 15 is 0 Å². The van der Waals surface area contributed by atoms with E-state index in [0.717, 1.165) is 54.5 Å². The fraction of sp³-hybridized carbons (Fsp3) is 0.441. The smallest absolute Gasteiger partial charge is 0.269 e. The molecule has 10 nitrogen and oxygen atoms in total. The van der Waals surface area contributed by atoms with Crippen LogP contribution < -0.4 is 15.5 Å². The summed E-state index contributed by atoms with van der Waals surface area (Å²) in [4.78, 5) is 44.2. The third-order valence-electron chi connectivity index (χ3n) is 9.85. The Bertz CT molecular complexity index is 1810. The number of benzene rings is 1. The number of hydrogen-bond donors (Lipinski definition) is 2. The van der Waals surface area contributed by atoms with Gasteiger partial charge in [0.25, 0.3) is 5.91 Å². The fourth-order valence-corrected chi connectivity index (χ4v) is 7.14.